The molecule has 0 bridgehead atoms. The molecule has 2 aromatic rings. The summed E-state index contributed by atoms with van der Waals surface area (Å²) < 4.78 is 25.0. The van der Waals surface area contributed by atoms with Gasteiger partial charge in [-0.05, 0) is 54.8 Å². The zero-order valence-electron chi connectivity index (χ0n) is 14.3. The topological polar surface area (TPSA) is 66.5 Å². The highest BCUT2D eigenvalue weighted by Gasteiger charge is 2.27. The normalized spacial score (nSPS) is 14.8. The molecule has 0 aliphatic carbocycles. The van der Waals surface area contributed by atoms with Crippen molar-refractivity contribution >= 4 is 44.8 Å². The Kier molecular flexibility index (Phi) is 5.19. The molecule has 1 heterocycles. The third kappa shape index (κ3) is 3.82. The van der Waals surface area contributed by atoms with E-state index in [0.717, 1.165) is 11.1 Å². The number of fused-ring (bicyclic) bond motifs is 1. The highest BCUT2D eigenvalue weighted by Crippen LogP contribution is 2.31. The fourth-order valence-corrected chi connectivity index (χ4v) is 4.27. The fraction of sp³-hybridized carbons (Fsp3) is 0.278. The summed E-state index contributed by atoms with van der Waals surface area (Å²) in [6.45, 7) is 2.26. The minimum atomic E-state index is -3.30. The summed E-state index contributed by atoms with van der Waals surface area (Å²) in [7, 11) is -3.30. The van der Waals surface area contributed by atoms with Gasteiger partial charge >= 0.3 is 0 Å². The molecule has 0 spiro atoms. The number of hydrogen-bond acceptors (Lipinski definition) is 3. The van der Waals surface area contributed by atoms with Crippen molar-refractivity contribution in [2.45, 2.75) is 19.4 Å². The number of carbonyl (C=O) groups is 1. The third-order valence-corrected chi connectivity index (χ3v) is 6.31. The quantitative estimate of drug-likeness (QED) is 0.829. The van der Waals surface area contributed by atoms with Gasteiger partial charge in [0.25, 0.3) is 5.91 Å². The summed E-state index contributed by atoms with van der Waals surface area (Å²) in [5.74, 6) is -0.232. The van der Waals surface area contributed by atoms with Gasteiger partial charge in [-0.15, -0.1) is 0 Å². The number of sulfonamides is 1. The van der Waals surface area contributed by atoms with E-state index >= 15 is 0 Å². The van der Waals surface area contributed by atoms with E-state index in [1.165, 1.54) is 10.6 Å². The average molecular weight is 413 g/mol. The number of benzene rings is 2. The van der Waals surface area contributed by atoms with E-state index in [-0.39, 0.29) is 11.9 Å². The lowest BCUT2D eigenvalue weighted by atomic mass is 10.1. The third-order valence-electron chi connectivity index (χ3n) is 4.39. The van der Waals surface area contributed by atoms with Crippen LogP contribution in [-0.2, 0) is 16.4 Å². The lowest BCUT2D eigenvalue weighted by molar-refractivity contribution is 0.0940. The standard InChI is InChI=1S/C18H18Cl2N2O3S/c1-11(12-3-5-15(19)16(20)10-12)21-18(23)14-4-6-17-13(9-14)7-8-22(17)26(2,24)25/h3-6,9-11H,7-8H2,1-2H3,(H,21,23). The van der Waals surface area contributed by atoms with Crippen LogP contribution in [0.1, 0.15) is 34.5 Å². The van der Waals surface area contributed by atoms with E-state index in [1.54, 1.807) is 30.3 Å². The molecular formula is C18H18Cl2N2O3S. The molecule has 0 saturated heterocycles. The molecule has 2 aromatic carbocycles. The van der Waals surface area contributed by atoms with Crippen molar-refractivity contribution in [2.75, 3.05) is 17.1 Å². The Morgan fingerprint density at radius 1 is 1.15 bits per heavy atom. The first-order valence-corrected chi connectivity index (χ1v) is 10.6. The summed E-state index contributed by atoms with van der Waals surface area (Å²) in [6.07, 6.45) is 1.77. The van der Waals surface area contributed by atoms with Crippen LogP contribution in [0.3, 0.4) is 0 Å². The van der Waals surface area contributed by atoms with E-state index in [4.69, 9.17) is 23.2 Å². The van der Waals surface area contributed by atoms with Crippen molar-refractivity contribution in [3.63, 3.8) is 0 Å². The van der Waals surface area contributed by atoms with E-state index in [9.17, 15) is 13.2 Å². The maximum Gasteiger partial charge on any atom is 0.251 e. The van der Waals surface area contributed by atoms with E-state index in [2.05, 4.69) is 5.32 Å². The summed E-state index contributed by atoms with van der Waals surface area (Å²) in [6, 6.07) is 10.0. The molecule has 1 unspecified atom stereocenters. The van der Waals surface area contributed by atoms with Gasteiger partial charge in [0, 0.05) is 12.1 Å². The molecule has 5 nitrogen and oxygen atoms in total. The number of amides is 1. The Bertz CT molecular complexity index is 976. The zero-order chi connectivity index (χ0) is 19.1. The summed E-state index contributed by atoms with van der Waals surface area (Å²) in [5.41, 5.74) is 2.83. The van der Waals surface area contributed by atoms with Crippen molar-refractivity contribution in [2.24, 2.45) is 0 Å². The number of anilines is 1. The maximum atomic E-state index is 12.6. The summed E-state index contributed by atoms with van der Waals surface area (Å²) in [4.78, 5) is 12.6. The molecule has 1 N–H and O–H groups in total. The Morgan fingerprint density at radius 3 is 2.54 bits per heavy atom. The number of nitrogens with one attached hydrogen (secondary N) is 1. The molecule has 1 aliphatic heterocycles. The number of nitrogens with zero attached hydrogens (tertiary/aromatic N) is 1. The average Bonchev–Trinajstić information content (AvgIpc) is 3.00. The van der Waals surface area contributed by atoms with Gasteiger partial charge in [0.15, 0.2) is 0 Å². The molecule has 138 valence electrons. The van der Waals surface area contributed by atoms with Crippen LogP contribution in [0.15, 0.2) is 36.4 Å². The molecule has 1 amide bonds. The molecule has 0 aromatic heterocycles. The molecule has 8 heteroatoms. The second kappa shape index (κ2) is 7.10. The molecule has 0 saturated carbocycles. The first kappa shape index (κ1) is 19.0. The molecular weight excluding hydrogens is 395 g/mol. The van der Waals surface area contributed by atoms with Gasteiger partial charge in [-0.25, -0.2) is 8.42 Å². The van der Waals surface area contributed by atoms with E-state index in [0.29, 0.717) is 34.3 Å². The number of rotatable bonds is 4. The zero-order valence-corrected chi connectivity index (χ0v) is 16.6. The molecule has 3 rings (SSSR count). The van der Waals surface area contributed by atoms with Crippen molar-refractivity contribution in [1.82, 2.24) is 5.32 Å². The largest absolute Gasteiger partial charge is 0.346 e. The van der Waals surface area contributed by atoms with Crippen molar-refractivity contribution in [3.05, 3.63) is 63.1 Å². The molecule has 26 heavy (non-hydrogen) atoms. The lowest BCUT2D eigenvalue weighted by Gasteiger charge is -2.17. The number of halogens is 2. The predicted octanol–water partition coefficient (Wildman–Crippen LogP) is 3.81. The Balaban J connectivity index is 1.78. The lowest BCUT2D eigenvalue weighted by Crippen LogP contribution is -2.28. The van der Waals surface area contributed by atoms with Crippen LogP contribution in [-0.4, -0.2) is 27.1 Å². The molecule has 0 fully saturated rings. The van der Waals surface area contributed by atoms with Gasteiger partial charge in [0.2, 0.25) is 10.0 Å². The van der Waals surface area contributed by atoms with Crippen molar-refractivity contribution in [1.29, 1.82) is 0 Å². The van der Waals surface area contributed by atoms with Crippen LogP contribution < -0.4 is 9.62 Å². The smallest absolute Gasteiger partial charge is 0.251 e. The van der Waals surface area contributed by atoms with Crippen molar-refractivity contribution in [3.8, 4) is 0 Å². The van der Waals surface area contributed by atoms with Crippen LogP contribution in [0.5, 0.6) is 0 Å². The second-order valence-electron chi connectivity index (χ2n) is 6.30. The Labute approximate surface area is 163 Å². The Morgan fingerprint density at radius 2 is 1.88 bits per heavy atom. The van der Waals surface area contributed by atoms with Gasteiger partial charge in [-0.3, -0.25) is 9.10 Å². The first-order chi connectivity index (χ1) is 12.2. The number of carbonyl (C=O) groups excluding carboxylic acids is 1. The van der Waals surface area contributed by atoms with Crippen LogP contribution >= 0.6 is 23.2 Å². The summed E-state index contributed by atoms with van der Waals surface area (Å²) in [5, 5.41) is 3.81. The summed E-state index contributed by atoms with van der Waals surface area (Å²) >= 11 is 11.9. The van der Waals surface area contributed by atoms with Crippen LogP contribution in [0.25, 0.3) is 0 Å². The fourth-order valence-electron chi connectivity index (χ4n) is 3.00. The minimum absolute atomic E-state index is 0.232. The van der Waals surface area contributed by atoms with Gasteiger partial charge < -0.3 is 5.32 Å². The highest BCUT2D eigenvalue weighted by molar-refractivity contribution is 7.92. The maximum absolute atomic E-state index is 12.6. The van der Waals surface area contributed by atoms with Gasteiger partial charge in [-0.2, -0.15) is 0 Å². The highest BCUT2D eigenvalue weighted by atomic mass is 35.5. The predicted molar refractivity (Wildman–Crippen MR) is 105 cm³/mol. The van der Waals surface area contributed by atoms with Gasteiger partial charge in [0.1, 0.15) is 0 Å². The number of hydrogen-bond donors (Lipinski definition) is 1. The first-order valence-electron chi connectivity index (χ1n) is 8.03. The molecule has 0 radical (unpaired) electrons. The monoisotopic (exact) mass is 412 g/mol. The Hall–Kier alpha value is -1.76. The van der Waals surface area contributed by atoms with Crippen LogP contribution in [0, 0.1) is 0 Å². The van der Waals surface area contributed by atoms with Crippen LogP contribution in [0.4, 0.5) is 5.69 Å². The molecule has 1 aliphatic rings. The second-order valence-corrected chi connectivity index (χ2v) is 9.02. The van der Waals surface area contributed by atoms with Crippen LogP contribution in [0.2, 0.25) is 10.0 Å². The SMILES string of the molecule is CC(NC(=O)c1ccc2c(c1)CCN2S(C)(=O)=O)c1ccc(Cl)c(Cl)c1. The molecule has 1 atom stereocenters. The minimum Gasteiger partial charge on any atom is -0.346 e. The van der Waals surface area contributed by atoms with E-state index in [1.807, 2.05) is 13.0 Å². The van der Waals surface area contributed by atoms with Crippen molar-refractivity contribution < 1.29 is 13.2 Å². The van der Waals surface area contributed by atoms with Gasteiger partial charge in [0.05, 0.1) is 28.0 Å². The van der Waals surface area contributed by atoms with Gasteiger partial charge in [-0.1, -0.05) is 29.3 Å². The van der Waals surface area contributed by atoms with E-state index < -0.39 is 10.0 Å².